The molecule has 0 aliphatic carbocycles. The lowest BCUT2D eigenvalue weighted by molar-refractivity contribution is 0.512. The molecule has 8 heteroatoms. The van der Waals surface area contributed by atoms with Gasteiger partial charge in [-0.15, -0.1) is 11.3 Å². The molecule has 1 heterocycles. The van der Waals surface area contributed by atoms with Gasteiger partial charge in [-0.05, 0) is 12.1 Å². The standard InChI is InChI=1S/C10H9F2N5S/c11-6-2-1-5(9(14)8(6)12)3-15-17-10-16-7(13)4-18-10/h1-4H,13-14H2,(H,16,17). The molecule has 0 fully saturated rings. The number of hydrogen-bond donors (Lipinski definition) is 3. The average Bonchev–Trinajstić information content (AvgIpc) is 2.75. The number of rotatable bonds is 3. The summed E-state index contributed by atoms with van der Waals surface area (Å²) >= 11 is 1.27. The molecule has 5 nitrogen and oxygen atoms in total. The number of benzene rings is 1. The lowest BCUT2D eigenvalue weighted by Crippen LogP contribution is -2.00. The first-order valence-corrected chi connectivity index (χ1v) is 5.69. The molecule has 0 spiro atoms. The summed E-state index contributed by atoms with van der Waals surface area (Å²) in [7, 11) is 0. The summed E-state index contributed by atoms with van der Waals surface area (Å²) in [5.41, 5.74) is 13.4. The fourth-order valence-electron chi connectivity index (χ4n) is 1.19. The van der Waals surface area contributed by atoms with Crippen LogP contribution in [0.2, 0.25) is 0 Å². The summed E-state index contributed by atoms with van der Waals surface area (Å²) < 4.78 is 25.9. The van der Waals surface area contributed by atoms with E-state index in [-0.39, 0.29) is 11.3 Å². The summed E-state index contributed by atoms with van der Waals surface area (Å²) in [6.45, 7) is 0. The Balaban J connectivity index is 2.12. The molecule has 2 rings (SSSR count). The first kappa shape index (κ1) is 12.2. The van der Waals surface area contributed by atoms with E-state index in [1.807, 2.05) is 0 Å². The zero-order valence-corrected chi connectivity index (χ0v) is 9.84. The van der Waals surface area contributed by atoms with E-state index in [4.69, 9.17) is 11.5 Å². The number of hydrogen-bond acceptors (Lipinski definition) is 6. The first-order chi connectivity index (χ1) is 8.58. The molecular weight excluding hydrogens is 260 g/mol. The van der Waals surface area contributed by atoms with E-state index >= 15 is 0 Å². The smallest absolute Gasteiger partial charge is 0.205 e. The number of nitrogen functional groups attached to an aromatic ring is 2. The third kappa shape index (κ3) is 2.54. The number of halogens is 2. The Morgan fingerprint density at radius 2 is 2.11 bits per heavy atom. The van der Waals surface area contributed by atoms with Crippen molar-refractivity contribution in [2.75, 3.05) is 16.9 Å². The van der Waals surface area contributed by atoms with Gasteiger partial charge in [0, 0.05) is 10.9 Å². The minimum absolute atomic E-state index is 0.269. The second kappa shape index (κ2) is 4.96. The normalized spacial score (nSPS) is 11.0. The highest BCUT2D eigenvalue weighted by Crippen LogP contribution is 2.18. The first-order valence-electron chi connectivity index (χ1n) is 4.81. The van der Waals surface area contributed by atoms with Crippen LogP contribution in [0.3, 0.4) is 0 Å². The molecule has 0 saturated heterocycles. The van der Waals surface area contributed by atoms with E-state index in [1.165, 1.54) is 23.6 Å². The number of thiazole rings is 1. The fourth-order valence-corrected chi connectivity index (χ4v) is 1.74. The third-order valence-corrected chi connectivity index (χ3v) is 2.82. The second-order valence-electron chi connectivity index (χ2n) is 3.31. The highest BCUT2D eigenvalue weighted by atomic mass is 32.1. The number of nitrogens with one attached hydrogen (secondary N) is 1. The van der Waals surface area contributed by atoms with Crippen molar-refractivity contribution in [3.63, 3.8) is 0 Å². The van der Waals surface area contributed by atoms with Gasteiger partial charge in [0.05, 0.1) is 11.9 Å². The van der Waals surface area contributed by atoms with Gasteiger partial charge < -0.3 is 11.5 Å². The largest absolute Gasteiger partial charge is 0.396 e. The molecule has 2 aromatic rings. The molecule has 18 heavy (non-hydrogen) atoms. The van der Waals surface area contributed by atoms with Crippen LogP contribution in [0.25, 0.3) is 0 Å². The lowest BCUT2D eigenvalue weighted by atomic mass is 10.2. The fraction of sp³-hybridized carbons (Fsp3) is 0. The van der Waals surface area contributed by atoms with Crippen molar-refractivity contribution in [1.29, 1.82) is 0 Å². The maximum atomic E-state index is 13.1. The second-order valence-corrected chi connectivity index (χ2v) is 4.17. The molecular formula is C10H9F2N5S. The number of anilines is 3. The quantitative estimate of drug-likeness (QED) is 0.452. The van der Waals surface area contributed by atoms with E-state index in [0.717, 1.165) is 6.07 Å². The molecule has 0 radical (unpaired) electrons. The van der Waals surface area contributed by atoms with Gasteiger partial charge in [-0.1, -0.05) is 0 Å². The Hall–Kier alpha value is -2.22. The molecule has 0 unspecified atom stereocenters. The Labute approximate surface area is 105 Å². The van der Waals surface area contributed by atoms with Crippen LogP contribution in [0.4, 0.5) is 25.4 Å². The Bertz CT molecular complexity index is 596. The Morgan fingerprint density at radius 1 is 1.33 bits per heavy atom. The van der Waals surface area contributed by atoms with Crippen LogP contribution in [0, 0.1) is 11.6 Å². The molecule has 0 saturated carbocycles. The van der Waals surface area contributed by atoms with Gasteiger partial charge in [-0.25, -0.2) is 13.8 Å². The summed E-state index contributed by atoms with van der Waals surface area (Å²) in [5.74, 6) is -1.70. The van der Waals surface area contributed by atoms with Crippen LogP contribution in [0.1, 0.15) is 5.56 Å². The molecule has 0 bridgehead atoms. The number of nitrogens with two attached hydrogens (primary N) is 2. The van der Waals surface area contributed by atoms with Gasteiger partial charge in [0.1, 0.15) is 5.82 Å². The van der Waals surface area contributed by atoms with Crippen LogP contribution < -0.4 is 16.9 Å². The van der Waals surface area contributed by atoms with Gasteiger partial charge in [0.25, 0.3) is 0 Å². The monoisotopic (exact) mass is 269 g/mol. The van der Waals surface area contributed by atoms with Gasteiger partial charge in [-0.3, -0.25) is 5.43 Å². The Kier molecular flexibility index (Phi) is 3.38. The molecule has 1 aromatic carbocycles. The molecule has 1 aromatic heterocycles. The number of aromatic nitrogens is 1. The summed E-state index contributed by atoms with van der Waals surface area (Å²) in [6.07, 6.45) is 1.27. The van der Waals surface area contributed by atoms with E-state index < -0.39 is 11.6 Å². The van der Waals surface area contributed by atoms with Crippen LogP contribution in [0.15, 0.2) is 22.6 Å². The van der Waals surface area contributed by atoms with Crippen molar-refractivity contribution in [2.24, 2.45) is 5.10 Å². The van der Waals surface area contributed by atoms with Crippen molar-refractivity contribution in [3.05, 3.63) is 34.7 Å². The third-order valence-electron chi connectivity index (χ3n) is 2.05. The van der Waals surface area contributed by atoms with E-state index in [1.54, 1.807) is 5.38 Å². The Morgan fingerprint density at radius 3 is 2.78 bits per heavy atom. The van der Waals surface area contributed by atoms with Crippen LogP contribution >= 0.6 is 11.3 Å². The molecule has 5 N–H and O–H groups in total. The molecule has 0 aliphatic heterocycles. The highest BCUT2D eigenvalue weighted by molar-refractivity contribution is 7.14. The summed E-state index contributed by atoms with van der Waals surface area (Å²) in [6, 6.07) is 2.31. The van der Waals surface area contributed by atoms with E-state index in [2.05, 4.69) is 15.5 Å². The maximum absolute atomic E-state index is 13.1. The average molecular weight is 269 g/mol. The minimum Gasteiger partial charge on any atom is -0.396 e. The zero-order valence-electron chi connectivity index (χ0n) is 9.02. The molecule has 94 valence electrons. The number of nitrogens with zero attached hydrogens (tertiary/aromatic N) is 2. The number of hydrazone groups is 1. The van der Waals surface area contributed by atoms with Crippen LogP contribution in [0.5, 0.6) is 0 Å². The van der Waals surface area contributed by atoms with Gasteiger partial charge in [-0.2, -0.15) is 5.10 Å². The topological polar surface area (TPSA) is 89.3 Å². The van der Waals surface area contributed by atoms with E-state index in [9.17, 15) is 8.78 Å². The van der Waals surface area contributed by atoms with Crippen molar-refractivity contribution in [2.45, 2.75) is 0 Å². The maximum Gasteiger partial charge on any atom is 0.205 e. The van der Waals surface area contributed by atoms with Crippen molar-refractivity contribution in [1.82, 2.24) is 4.98 Å². The highest BCUT2D eigenvalue weighted by Gasteiger charge is 2.08. The van der Waals surface area contributed by atoms with Crippen molar-refractivity contribution in [3.8, 4) is 0 Å². The van der Waals surface area contributed by atoms with Crippen molar-refractivity contribution >= 4 is 34.2 Å². The predicted molar refractivity (Wildman–Crippen MR) is 68.5 cm³/mol. The summed E-state index contributed by atoms with van der Waals surface area (Å²) in [5, 5.41) is 5.94. The molecule has 0 amide bonds. The van der Waals surface area contributed by atoms with Crippen LogP contribution in [-0.2, 0) is 0 Å². The van der Waals surface area contributed by atoms with Gasteiger partial charge >= 0.3 is 0 Å². The van der Waals surface area contributed by atoms with Crippen molar-refractivity contribution < 1.29 is 8.78 Å². The van der Waals surface area contributed by atoms with Gasteiger partial charge in [0.2, 0.25) is 5.13 Å². The molecule has 0 atom stereocenters. The van der Waals surface area contributed by atoms with Crippen LogP contribution in [-0.4, -0.2) is 11.2 Å². The lowest BCUT2D eigenvalue weighted by Gasteiger charge is -2.01. The predicted octanol–water partition coefficient (Wildman–Crippen LogP) is 2.03. The molecule has 0 aliphatic rings. The summed E-state index contributed by atoms with van der Waals surface area (Å²) in [4.78, 5) is 3.90. The van der Waals surface area contributed by atoms with E-state index in [0.29, 0.717) is 10.9 Å². The zero-order chi connectivity index (χ0) is 13.1. The minimum atomic E-state index is -1.09. The SMILES string of the molecule is Nc1csc(NN=Cc2ccc(F)c(F)c2N)n1. The van der Waals surface area contributed by atoms with Gasteiger partial charge in [0.15, 0.2) is 11.6 Å².